The average Bonchev–Trinajstić information content (AvgIpc) is 1.85. The number of aliphatic carboxylic acids is 2. The van der Waals surface area contributed by atoms with Gasteiger partial charge in [0.05, 0.1) is 7.77 Å². The minimum atomic E-state index is -2.79. The third-order valence-electron chi connectivity index (χ3n) is 0.526. The number of carbonyl (C=O) groups is 2. The molecular weight excluding hydrogens is 126 g/mol. The molecule has 0 unspecified atom stereocenters. The lowest BCUT2D eigenvalue weighted by Crippen LogP contribution is -2.32. The first-order valence-corrected chi connectivity index (χ1v) is 1.97. The van der Waals surface area contributed by atoms with Crippen molar-refractivity contribution in [2.24, 2.45) is 5.73 Å². The van der Waals surface area contributed by atoms with E-state index >= 15 is 0 Å². The molecule has 0 fully saturated rings. The van der Waals surface area contributed by atoms with Crippen molar-refractivity contribution in [2.45, 2.75) is 12.4 Å². The molecule has 0 rings (SSSR count). The molecule has 4 N–H and O–H groups in total. The summed E-state index contributed by atoms with van der Waals surface area (Å²) in [6.45, 7) is 0. The van der Waals surface area contributed by atoms with E-state index in [1.165, 1.54) is 0 Å². The van der Waals surface area contributed by atoms with E-state index in [9.17, 15) is 9.59 Å². The molecule has 0 aromatic rings. The Balaban J connectivity index is 4.55. The van der Waals surface area contributed by atoms with E-state index in [0.29, 0.717) is 0 Å². The van der Waals surface area contributed by atoms with Crippen molar-refractivity contribution < 1.29 is 22.5 Å². The second-order valence-corrected chi connectivity index (χ2v) is 1.24. The lowest BCUT2D eigenvalue weighted by molar-refractivity contribution is -0.144. The van der Waals surface area contributed by atoms with E-state index in [1.54, 1.807) is 0 Å². The van der Waals surface area contributed by atoms with E-state index in [0.717, 1.165) is 0 Å². The summed E-state index contributed by atoms with van der Waals surface area (Å²) in [5.41, 5.74) is 4.70. The summed E-state index contributed by atoms with van der Waals surface area (Å²) in [6, 6.07) is -2.79. The second kappa shape index (κ2) is 3.03. The molecule has 0 saturated heterocycles. The Kier molecular flexibility index (Phi) is 1.60. The van der Waals surface area contributed by atoms with Gasteiger partial charge in [0.2, 0.25) is 0 Å². The first-order chi connectivity index (χ1) is 4.80. The maximum Gasteiger partial charge on any atom is 0.321 e. The maximum absolute atomic E-state index is 10.1. The van der Waals surface area contributed by atoms with Gasteiger partial charge in [0, 0.05) is 1.37 Å². The molecule has 0 saturated carbocycles. The molecule has 5 nitrogen and oxygen atoms in total. The van der Waals surface area contributed by atoms with Crippen LogP contribution in [0.3, 0.4) is 0 Å². The number of hydrogen-bond acceptors (Lipinski definition) is 3. The molecule has 0 aromatic heterocycles. The highest BCUT2D eigenvalue weighted by Crippen LogP contribution is 1.86. The number of nitrogens with two attached hydrogens (primary N) is 1. The summed E-state index contributed by atoms with van der Waals surface area (Å²) in [7, 11) is 0. The van der Waals surface area contributed by atoms with Crippen LogP contribution >= 0.6 is 0 Å². The molecule has 0 aromatic carbocycles. The summed E-state index contributed by atoms with van der Waals surface area (Å²) in [4.78, 5) is 20.1. The van der Waals surface area contributed by atoms with E-state index in [2.05, 4.69) is 0 Å². The van der Waals surface area contributed by atoms with Crippen molar-refractivity contribution in [2.75, 3.05) is 0 Å². The van der Waals surface area contributed by atoms with Crippen LogP contribution in [0, 0.1) is 0 Å². The lowest BCUT2D eigenvalue weighted by atomic mass is 10.2. The predicted octanol–water partition coefficient (Wildman–Crippen LogP) is -1.13. The fourth-order valence-electron chi connectivity index (χ4n) is 0.195. The molecule has 0 amide bonds. The van der Waals surface area contributed by atoms with Gasteiger partial charge in [-0.25, -0.2) is 0 Å². The summed E-state index contributed by atoms with van der Waals surface area (Å²) >= 11 is 0. The van der Waals surface area contributed by atoms with Gasteiger partial charge in [-0.05, 0) is 0 Å². The summed E-state index contributed by atoms with van der Waals surface area (Å²) < 4.78 is 13.4. The maximum atomic E-state index is 10.1. The molecule has 0 aliphatic heterocycles. The lowest BCUT2D eigenvalue weighted by Gasteiger charge is -1.99. The molecular formula is C4H7NO4. The van der Waals surface area contributed by atoms with Crippen LogP contribution in [-0.2, 0) is 9.59 Å². The minimum absolute atomic E-state index is 1.73. The van der Waals surface area contributed by atoms with E-state index in [-0.39, 0.29) is 0 Å². The third kappa shape index (κ3) is 3.48. The highest BCUT2D eigenvalue weighted by atomic mass is 16.4. The van der Waals surface area contributed by atoms with Gasteiger partial charge in [0.25, 0.3) is 0 Å². The van der Waals surface area contributed by atoms with Crippen LogP contribution in [-0.4, -0.2) is 28.2 Å². The van der Waals surface area contributed by atoms with Crippen molar-refractivity contribution in [1.82, 2.24) is 0 Å². The average molecular weight is 135 g/mol. The SMILES string of the molecule is [2H][C@H](C(=O)O)[C@]([2H])(N)C(=O)O. The highest BCUT2D eigenvalue weighted by Gasteiger charge is 2.14. The van der Waals surface area contributed by atoms with Gasteiger partial charge in [0.15, 0.2) is 0 Å². The molecule has 0 spiro atoms. The fraction of sp³-hybridized carbons (Fsp3) is 0.500. The van der Waals surface area contributed by atoms with Crippen LogP contribution in [0.1, 0.15) is 9.14 Å². The van der Waals surface area contributed by atoms with Crippen LogP contribution in [0.2, 0.25) is 0 Å². The Morgan fingerprint density at radius 1 is 1.78 bits per heavy atom. The molecule has 0 aliphatic carbocycles. The monoisotopic (exact) mass is 135 g/mol. The molecule has 2 atom stereocenters. The Bertz CT molecular complexity index is 193. The van der Waals surface area contributed by atoms with Crippen LogP contribution in [0.25, 0.3) is 0 Å². The Morgan fingerprint density at radius 2 is 2.22 bits per heavy atom. The van der Waals surface area contributed by atoms with Crippen LogP contribution in [0.5, 0.6) is 0 Å². The van der Waals surface area contributed by atoms with E-state index < -0.39 is 24.4 Å². The van der Waals surface area contributed by atoms with Crippen LogP contribution in [0.4, 0.5) is 0 Å². The fourth-order valence-corrected chi connectivity index (χ4v) is 0.195. The molecule has 5 heteroatoms. The minimum Gasteiger partial charge on any atom is -0.481 e. The van der Waals surface area contributed by atoms with Gasteiger partial charge in [-0.3, -0.25) is 9.59 Å². The molecule has 0 heterocycles. The van der Waals surface area contributed by atoms with Gasteiger partial charge in [-0.15, -0.1) is 0 Å². The zero-order valence-electron chi connectivity index (χ0n) is 6.37. The zero-order chi connectivity index (χ0) is 9.23. The molecule has 52 valence electrons. The van der Waals surface area contributed by atoms with Crippen molar-refractivity contribution in [3.63, 3.8) is 0 Å². The Morgan fingerprint density at radius 3 is 2.33 bits per heavy atom. The van der Waals surface area contributed by atoms with Gasteiger partial charge in [0.1, 0.15) is 6.02 Å². The second-order valence-electron chi connectivity index (χ2n) is 1.24. The summed E-state index contributed by atoms with van der Waals surface area (Å²) in [5, 5.41) is 16.3. The topological polar surface area (TPSA) is 101 Å². The quantitative estimate of drug-likeness (QED) is 0.454. The summed E-state index contributed by atoms with van der Waals surface area (Å²) in [6.07, 6.45) is -2.18. The number of rotatable bonds is 3. The smallest absolute Gasteiger partial charge is 0.321 e. The van der Waals surface area contributed by atoms with Gasteiger partial charge in [-0.1, -0.05) is 0 Å². The van der Waals surface area contributed by atoms with Crippen molar-refractivity contribution in [3.05, 3.63) is 0 Å². The van der Waals surface area contributed by atoms with Gasteiger partial charge in [-0.2, -0.15) is 0 Å². The molecule has 0 radical (unpaired) electrons. The third-order valence-corrected chi connectivity index (χ3v) is 0.526. The van der Waals surface area contributed by atoms with Crippen molar-refractivity contribution >= 4 is 11.9 Å². The van der Waals surface area contributed by atoms with Crippen LogP contribution in [0.15, 0.2) is 0 Å². The first-order valence-electron chi connectivity index (χ1n) is 3.05. The van der Waals surface area contributed by atoms with E-state index in [4.69, 9.17) is 18.7 Å². The van der Waals surface area contributed by atoms with Crippen LogP contribution < -0.4 is 5.73 Å². The van der Waals surface area contributed by atoms with Gasteiger partial charge >= 0.3 is 11.9 Å². The molecule has 0 aliphatic rings. The highest BCUT2D eigenvalue weighted by molar-refractivity contribution is 5.80. The van der Waals surface area contributed by atoms with Gasteiger partial charge < -0.3 is 15.9 Å². The number of carboxylic acid groups (broad SMARTS) is 2. The molecule has 0 bridgehead atoms. The zero-order valence-corrected chi connectivity index (χ0v) is 4.37. The Labute approximate surface area is 53.9 Å². The number of carboxylic acids is 2. The van der Waals surface area contributed by atoms with E-state index in [1.807, 2.05) is 0 Å². The summed E-state index contributed by atoms with van der Waals surface area (Å²) in [5.74, 6) is -3.56. The standard InChI is InChI=1S/C4H7NO4/c5-2(4(8)9)1-3(6)7/h2H,1,5H2,(H,6,7)(H,8,9)/t2-/m0/s1/i1D,2D/t1-,2-. The van der Waals surface area contributed by atoms with Crippen molar-refractivity contribution in [1.29, 1.82) is 0 Å². The largest absolute Gasteiger partial charge is 0.481 e. The van der Waals surface area contributed by atoms with Crippen molar-refractivity contribution in [3.8, 4) is 0 Å². The Hall–Kier alpha value is -1.10. The first kappa shape index (κ1) is 4.75. The predicted molar refractivity (Wildman–Crippen MR) is 27.9 cm³/mol. The molecule has 9 heavy (non-hydrogen) atoms. The normalized spacial score (nSPS) is 22.8. The number of hydrogen-bond donors (Lipinski definition) is 3.